The van der Waals surface area contributed by atoms with Gasteiger partial charge in [-0.15, -0.1) is 0 Å². The van der Waals surface area contributed by atoms with Crippen LogP contribution >= 0.6 is 0 Å². The van der Waals surface area contributed by atoms with Gasteiger partial charge in [0.15, 0.2) is 0 Å². The summed E-state index contributed by atoms with van der Waals surface area (Å²) in [5.74, 6) is -2.53. The number of halogens is 1. The van der Waals surface area contributed by atoms with E-state index >= 15 is 0 Å². The highest BCUT2D eigenvalue weighted by Crippen LogP contribution is 2.09. The molecule has 4 N–H and O–H groups in total. The topological polar surface area (TPSA) is 134 Å². The van der Waals surface area contributed by atoms with Crippen LogP contribution in [-0.2, 0) is 16.0 Å². The molecule has 2 amide bonds. The zero-order valence-corrected chi connectivity index (χ0v) is 16.5. The van der Waals surface area contributed by atoms with Gasteiger partial charge in [0.05, 0.1) is 18.7 Å². The first-order valence-electron chi connectivity index (χ1n) is 9.37. The van der Waals surface area contributed by atoms with Gasteiger partial charge in [-0.05, 0) is 37.0 Å². The molecule has 11 heteroatoms. The van der Waals surface area contributed by atoms with Crippen molar-refractivity contribution in [3.05, 3.63) is 59.9 Å². The summed E-state index contributed by atoms with van der Waals surface area (Å²) in [5, 5.41) is 24.3. The molecule has 30 heavy (non-hydrogen) atoms. The van der Waals surface area contributed by atoms with Crippen molar-refractivity contribution in [2.45, 2.75) is 31.2 Å². The molecule has 0 fully saturated rings. The molecule has 2 unspecified atom stereocenters. The van der Waals surface area contributed by atoms with Gasteiger partial charge < -0.3 is 25.4 Å². The Morgan fingerprint density at radius 3 is 2.53 bits per heavy atom. The zero-order chi connectivity index (χ0) is 21.9. The number of carbonyl (C=O) groups excluding carboxylic acids is 2. The number of rotatable bonds is 11. The van der Waals surface area contributed by atoms with Gasteiger partial charge in [0.2, 0.25) is 5.91 Å². The van der Waals surface area contributed by atoms with E-state index in [0.717, 1.165) is 5.56 Å². The second-order valence-corrected chi connectivity index (χ2v) is 6.62. The lowest BCUT2D eigenvalue weighted by Gasteiger charge is -2.22. The Hall–Kier alpha value is -2.89. The number of methoxy groups -OCH3 is 1. The van der Waals surface area contributed by atoms with E-state index in [1.54, 1.807) is 12.1 Å². The van der Waals surface area contributed by atoms with E-state index in [2.05, 4.69) is 20.6 Å². The van der Waals surface area contributed by atoms with Gasteiger partial charge in [0, 0.05) is 19.5 Å². The van der Waals surface area contributed by atoms with Gasteiger partial charge in [-0.1, -0.05) is 12.1 Å². The van der Waals surface area contributed by atoms with E-state index < -0.39 is 30.9 Å². The SMILES string of the molecule is COCC(NC(=O)c1cnccn1)C(=O)NC(CCCc1ccc(F)cc1)B(O)O. The molecule has 0 saturated heterocycles. The molecule has 0 aliphatic carbocycles. The highest BCUT2D eigenvalue weighted by Gasteiger charge is 2.29. The number of amides is 2. The van der Waals surface area contributed by atoms with E-state index in [-0.39, 0.29) is 24.5 Å². The first kappa shape index (κ1) is 23.4. The van der Waals surface area contributed by atoms with Gasteiger partial charge in [-0.25, -0.2) is 9.37 Å². The standard InChI is InChI=1S/C19H24BFN4O5/c1-30-12-16(24-18(26)15-11-22-9-10-23-15)19(27)25-17(20(28)29)4-2-3-13-5-7-14(21)8-6-13/h5-11,16-17,28-29H,2-4,12H2,1H3,(H,24,26)(H,25,27). The van der Waals surface area contributed by atoms with Crippen LogP contribution < -0.4 is 10.6 Å². The molecule has 0 spiro atoms. The minimum Gasteiger partial charge on any atom is -0.426 e. The molecule has 1 heterocycles. The second-order valence-electron chi connectivity index (χ2n) is 6.62. The molecule has 1 aromatic carbocycles. The van der Waals surface area contributed by atoms with Gasteiger partial charge in [-0.3, -0.25) is 14.6 Å². The van der Waals surface area contributed by atoms with E-state index in [9.17, 15) is 24.0 Å². The average Bonchev–Trinajstić information content (AvgIpc) is 2.74. The van der Waals surface area contributed by atoms with E-state index in [1.165, 1.54) is 37.8 Å². The van der Waals surface area contributed by atoms with Crippen LogP contribution in [0.3, 0.4) is 0 Å². The Bertz CT molecular complexity index is 810. The van der Waals surface area contributed by atoms with Crippen molar-refractivity contribution in [2.75, 3.05) is 13.7 Å². The van der Waals surface area contributed by atoms with Crippen molar-refractivity contribution in [2.24, 2.45) is 0 Å². The van der Waals surface area contributed by atoms with E-state index in [1.807, 2.05) is 0 Å². The van der Waals surface area contributed by atoms with Gasteiger partial charge in [0.1, 0.15) is 17.6 Å². The quantitative estimate of drug-likeness (QED) is 0.374. The second kappa shape index (κ2) is 12.0. The smallest absolute Gasteiger partial charge is 0.426 e. The summed E-state index contributed by atoms with van der Waals surface area (Å²) in [4.78, 5) is 32.5. The zero-order valence-electron chi connectivity index (χ0n) is 16.5. The van der Waals surface area contributed by atoms with Crippen molar-refractivity contribution in [1.29, 1.82) is 0 Å². The molecule has 160 valence electrons. The molecular formula is C19H24BFN4O5. The number of nitrogens with one attached hydrogen (secondary N) is 2. The number of benzene rings is 1. The number of aryl methyl sites for hydroxylation is 1. The van der Waals surface area contributed by atoms with Crippen LogP contribution in [0.5, 0.6) is 0 Å². The van der Waals surface area contributed by atoms with Crippen molar-refractivity contribution >= 4 is 18.9 Å². The number of hydrogen-bond acceptors (Lipinski definition) is 7. The maximum absolute atomic E-state index is 13.0. The molecule has 0 aliphatic heterocycles. The molecule has 2 aromatic rings. The fraction of sp³-hybridized carbons (Fsp3) is 0.368. The molecule has 2 atom stereocenters. The number of carbonyl (C=O) groups is 2. The lowest BCUT2D eigenvalue weighted by Crippen LogP contribution is -2.55. The fourth-order valence-electron chi connectivity index (χ4n) is 2.75. The van der Waals surface area contributed by atoms with Crippen LogP contribution in [0.2, 0.25) is 0 Å². The van der Waals surface area contributed by atoms with Crippen molar-refractivity contribution in [1.82, 2.24) is 20.6 Å². The molecule has 0 aliphatic rings. The summed E-state index contributed by atoms with van der Waals surface area (Å²) in [6.45, 7) is -0.123. The Morgan fingerprint density at radius 1 is 1.20 bits per heavy atom. The van der Waals surface area contributed by atoms with Crippen LogP contribution in [-0.4, -0.2) is 64.6 Å². The monoisotopic (exact) mass is 418 g/mol. The van der Waals surface area contributed by atoms with Crippen LogP contribution in [0.4, 0.5) is 4.39 Å². The summed E-state index contributed by atoms with van der Waals surface area (Å²) in [6, 6.07) is 4.93. The first-order chi connectivity index (χ1) is 14.4. The predicted octanol–water partition coefficient (Wildman–Crippen LogP) is -0.120. The summed E-state index contributed by atoms with van der Waals surface area (Å²) >= 11 is 0. The summed E-state index contributed by atoms with van der Waals surface area (Å²) < 4.78 is 17.9. The normalized spacial score (nSPS) is 12.7. The molecule has 9 nitrogen and oxygen atoms in total. The van der Waals surface area contributed by atoms with Gasteiger partial charge in [-0.2, -0.15) is 0 Å². The Labute approximate surface area is 173 Å². The lowest BCUT2D eigenvalue weighted by molar-refractivity contribution is -0.124. The third-order valence-electron chi connectivity index (χ3n) is 4.33. The average molecular weight is 418 g/mol. The molecule has 0 bridgehead atoms. The lowest BCUT2D eigenvalue weighted by atomic mass is 9.76. The largest absolute Gasteiger partial charge is 0.475 e. The van der Waals surface area contributed by atoms with E-state index in [4.69, 9.17) is 4.74 Å². The Morgan fingerprint density at radius 2 is 1.93 bits per heavy atom. The Kier molecular flexibility index (Phi) is 9.32. The van der Waals surface area contributed by atoms with Crippen LogP contribution in [0.15, 0.2) is 42.9 Å². The predicted molar refractivity (Wildman–Crippen MR) is 107 cm³/mol. The number of aromatic nitrogens is 2. The van der Waals surface area contributed by atoms with Crippen LogP contribution in [0.1, 0.15) is 28.9 Å². The van der Waals surface area contributed by atoms with Gasteiger partial charge in [0.25, 0.3) is 5.91 Å². The molecular weight excluding hydrogens is 394 g/mol. The highest BCUT2D eigenvalue weighted by atomic mass is 19.1. The molecule has 0 saturated carbocycles. The Balaban J connectivity index is 1.92. The van der Waals surface area contributed by atoms with Crippen molar-refractivity contribution < 1.29 is 28.8 Å². The minimum atomic E-state index is -1.79. The summed E-state index contributed by atoms with van der Waals surface area (Å²) in [7, 11) is -0.420. The van der Waals surface area contributed by atoms with Crippen molar-refractivity contribution in [3.63, 3.8) is 0 Å². The first-order valence-corrected chi connectivity index (χ1v) is 9.37. The van der Waals surface area contributed by atoms with Crippen LogP contribution in [0, 0.1) is 5.82 Å². The summed E-state index contributed by atoms with van der Waals surface area (Å²) in [5.41, 5.74) is 0.923. The number of ether oxygens (including phenoxy) is 1. The highest BCUT2D eigenvalue weighted by molar-refractivity contribution is 6.43. The maximum Gasteiger partial charge on any atom is 0.475 e. The molecule has 0 radical (unpaired) electrons. The molecule has 2 rings (SSSR count). The third-order valence-corrected chi connectivity index (χ3v) is 4.33. The van der Waals surface area contributed by atoms with Crippen molar-refractivity contribution in [3.8, 4) is 0 Å². The maximum atomic E-state index is 13.0. The fourth-order valence-corrected chi connectivity index (χ4v) is 2.75. The number of nitrogens with zero attached hydrogens (tertiary/aromatic N) is 2. The summed E-state index contributed by atoms with van der Waals surface area (Å²) in [6.07, 6.45) is 5.37. The van der Waals surface area contributed by atoms with Crippen LogP contribution in [0.25, 0.3) is 0 Å². The minimum absolute atomic E-state index is 0.0319. The third kappa shape index (κ3) is 7.50. The van der Waals surface area contributed by atoms with E-state index in [0.29, 0.717) is 12.8 Å². The number of hydrogen-bond donors (Lipinski definition) is 4. The van der Waals surface area contributed by atoms with Gasteiger partial charge >= 0.3 is 7.12 Å². The molecule has 1 aromatic heterocycles.